The van der Waals surface area contributed by atoms with Gasteiger partial charge < -0.3 is 4.74 Å². The summed E-state index contributed by atoms with van der Waals surface area (Å²) in [5.41, 5.74) is 1.28. The monoisotopic (exact) mass is 538 g/mol. The SMILES string of the molecule is O=[N+]([O-])c1ccccc1S(=O)(=O)NCC(OCc1ccc(I)cc1)c1ccccc1. The summed E-state index contributed by atoms with van der Waals surface area (Å²) in [7, 11) is -4.10. The fourth-order valence-corrected chi connectivity index (χ4v) is 4.38. The van der Waals surface area contributed by atoms with Crippen molar-refractivity contribution in [1.29, 1.82) is 0 Å². The molecule has 3 aromatic carbocycles. The van der Waals surface area contributed by atoms with E-state index in [4.69, 9.17) is 4.74 Å². The molecule has 9 heteroatoms. The summed E-state index contributed by atoms with van der Waals surface area (Å²) in [4.78, 5) is 10.1. The molecule has 0 bridgehead atoms. The molecule has 1 unspecified atom stereocenters. The van der Waals surface area contributed by atoms with E-state index in [2.05, 4.69) is 27.3 Å². The van der Waals surface area contributed by atoms with Crippen LogP contribution in [-0.4, -0.2) is 19.9 Å². The fraction of sp³-hybridized carbons (Fsp3) is 0.143. The first-order chi connectivity index (χ1) is 14.4. The van der Waals surface area contributed by atoms with Crippen LogP contribution in [0.4, 0.5) is 5.69 Å². The minimum atomic E-state index is -4.10. The molecular weight excluding hydrogens is 519 g/mol. The predicted octanol–water partition coefficient (Wildman–Crippen LogP) is 4.44. The van der Waals surface area contributed by atoms with Crippen LogP contribution in [0.5, 0.6) is 0 Å². The van der Waals surface area contributed by atoms with Gasteiger partial charge in [0.15, 0.2) is 4.90 Å². The standard InChI is InChI=1S/C21H19IN2O5S/c22-18-12-10-16(11-13-18)15-29-20(17-6-2-1-3-7-17)14-23-30(27,28)21-9-5-4-8-19(21)24(25)26/h1-13,20,23H,14-15H2. The number of ether oxygens (including phenoxy) is 1. The lowest BCUT2D eigenvalue weighted by Crippen LogP contribution is -2.30. The van der Waals surface area contributed by atoms with Crippen LogP contribution in [0.25, 0.3) is 0 Å². The van der Waals surface area contributed by atoms with Crippen LogP contribution in [0.3, 0.4) is 0 Å². The molecule has 0 aliphatic carbocycles. The van der Waals surface area contributed by atoms with Crippen molar-refractivity contribution in [2.24, 2.45) is 0 Å². The Morgan fingerprint density at radius 3 is 2.27 bits per heavy atom. The molecule has 0 aliphatic heterocycles. The van der Waals surface area contributed by atoms with Gasteiger partial charge in [-0.1, -0.05) is 54.6 Å². The van der Waals surface area contributed by atoms with Crippen molar-refractivity contribution in [2.75, 3.05) is 6.54 Å². The number of nitrogens with zero attached hydrogens (tertiary/aromatic N) is 1. The fourth-order valence-electron chi connectivity index (χ4n) is 2.82. The summed E-state index contributed by atoms with van der Waals surface area (Å²) in [6.45, 7) is 0.229. The van der Waals surface area contributed by atoms with Gasteiger partial charge in [-0.3, -0.25) is 10.1 Å². The van der Waals surface area contributed by atoms with Crippen LogP contribution in [-0.2, 0) is 21.4 Å². The normalized spacial score (nSPS) is 12.4. The third-order valence-corrected chi connectivity index (χ3v) is 6.54. The average Bonchev–Trinajstić information content (AvgIpc) is 2.75. The Balaban J connectivity index is 1.78. The molecule has 7 nitrogen and oxygen atoms in total. The topological polar surface area (TPSA) is 98.5 Å². The Morgan fingerprint density at radius 2 is 1.60 bits per heavy atom. The molecule has 30 heavy (non-hydrogen) atoms. The van der Waals surface area contributed by atoms with Crippen LogP contribution in [0.2, 0.25) is 0 Å². The van der Waals surface area contributed by atoms with E-state index in [1.165, 1.54) is 18.2 Å². The summed E-state index contributed by atoms with van der Waals surface area (Å²) in [6, 6.07) is 22.3. The second kappa shape index (κ2) is 10.1. The molecule has 0 saturated carbocycles. The van der Waals surface area contributed by atoms with E-state index in [1.54, 1.807) is 0 Å². The first kappa shape index (κ1) is 22.3. The Morgan fingerprint density at radius 1 is 0.967 bits per heavy atom. The first-order valence-electron chi connectivity index (χ1n) is 9.01. The Bertz CT molecular complexity index is 1110. The van der Waals surface area contributed by atoms with Gasteiger partial charge in [0.25, 0.3) is 5.69 Å². The highest BCUT2D eigenvalue weighted by molar-refractivity contribution is 14.1. The van der Waals surface area contributed by atoms with Crippen LogP contribution in [0, 0.1) is 13.7 Å². The van der Waals surface area contributed by atoms with Gasteiger partial charge in [0, 0.05) is 16.2 Å². The number of nitro groups is 1. The lowest BCUT2D eigenvalue weighted by molar-refractivity contribution is -0.387. The number of benzene rings is 3. The van der Waals surface area contributed by atoms with E-state index in [-0.39, 0.29) is 11.4 Å². The van der Waals surface area contributed by atoms with E-state index < -0.39 is 26.7 Å². The number of rotatable bonds is 9. The van der Waals surface area contributed by atoms with E-state index >= 15 is 0 Å². The highest BCUT2D eigenvalue weighted by Gasteiger charge is 2.26. The molecule has 0 aromatic heterocycles. The van der Waals surface area contributed by atoms with Crippen molar-refractivity contribution in [3.63, 3.8) is 0 Å². The number of nitro benzene ring substituents is 1. The lowest BCUT2D eigenvalue weighted by Gasteiger charge is -2.19. The van der Waals surface area contributed by atoms with E-state index in [1.807, 2.05) is 54.6 Å². The number of sulfonamides is 1. The van der Waals surface area contributed by atoms with Crippen molar-refractivity contribution in [3.05, 3.63) is 104 Å². The Hall–Kier alpha value is -2.34. The molecule has 0 heterocycles. The number of hydrogen-bond donors (Lipinski definition) is 1. The van der Waals surface area contributed by atoms with Gasteiger partial charge in [-0.15, -0.1) is 0 Å². The quantitative estimate of drug-likeness (QED) is 0.247. The van der Waals surface area contributed by atoms with E-state index in [0.717, 1.165) is 20.8 Å². The Labute approximate surface area is 188 Å². The zero-order chi connectivity index (χ0) is 21.6. The number of hydrogen-bond acceptors (Lipinski definition) is 5. The minimum Gasteiger partial charge on any atom is -0.367 e. The van der Waals surface area contributed by atoms with E-state index in [9.17, 15) is 18.5 Å². The number of halogens is 1. The summed E-state index contributed by atoms with van der Waals surface area (Å²) in [6.07, 6.45) is -0.567. The third kappa shape index (κ3) is 5.85. The second-order valence-corrected chi connectivity index (χ2v) is 9.39. The molecule has 1 atom stereocenters. The van der Waals surface area contributed by atoms with Gasteiger partial charge in [-0.05, 0) is 51.9 Å². The molecule has 1 N–H and O–H groups in total. The summed E-state index contributed by atoms with van der Waals surface area (Å²) < 4.78 is 35.0. The van der Waals surface area contributed by atoms with Gasteiger partial charge >= 0.3 is 0 Å². The molecule has 0 saturated heterocycles. The van der Waals surface area contributed by atoms with Crippen molar-refractivity contribution >= 4 is 38.3 Å². The summed E-state index contributed by atoms with van der Waals surface area (Å²) in [5, 5.41) is 11.2. The smallest absolute Gasteiger partial charge is 0.289 e. The predicted molar refractivity (Wildman–Crippen MR) is 121 cm³/mol. The van der Waals surface area contributed by atoms with Gasteiger partial charge in [-0.2, -0.15) is 0 Å². The van der Waals surface area contributed by atoms with Crippen LogP contribution in [0.1, 0.15) is 17.2 Å². The molecule has 156 valence electrons. The highest BCUT2D eigenvalue weighted by Crippen LogP contribution is 2.24. The summed E-state index contributed by atoms with van der Waals surface area (Å²) in [5.74, 6) is 0. The Kier molecular flexibility index (Phi) is 7.53. The molecule has 3 aromatic rings. The third-order valence-electron chi connectivity index (χ3n) is 4.35. The number of nitrogens with one attached hydrogen (secondary N) is 1. The summed E-state index contributed by atoms with van der Waals surface area (Å²) >= 11 is 2.22. The average molecular weight is 538 g/mol. The van der Waals surface area contributed by atoms with Crippen LogP contribution >= 0.6 is 22.6 Å². The molecule has 0 radical (unpaired) electrons. The highest BCUT2D eigenvalue weighted by atomic mass is 127. The number of para-hydroxylation sites is 1. The molecule has 3 rings (SSSR count). The molecule has 0 aliphatic rings. The minimum absolute atomic E-state index is 0.0667. The molecular formula is C21H19IN2O5S. The van der Waals surface area contributed by atoms with Gasteiger partial charge in [-0.25, -0.2) is 13.1 Å². The van der Waals surface area contributed by atoms with Crippen molar-refractivity contribution < 1.29 is 18.1 Å². The maximum atomic E-state index is 12.7. The van der Waals surface area contributed by atoms with E-state index in [0.29, 0.717) is 6.61 Å². The molecule has 0 fully saturated rings. The zero-order valence-corrected chi connectivity index (χ0v) is 18.7. The van der Waals surface area contributed by atoms with Crippen LogP contribution in [0.15, 0.2) is 83.8 Å². The maximum Gasteiger partial charge on any atom is 0.289 e. The largest absolute Gasteiger partial charge is 0.367 e. The van der Waals surface area contributed by atoms with Crippen molar-refractivity contribution in [2.45, 2.75) is 17.6 Å². The van der Waals surface area contributed by atoms with Gasteiger partial charge in [0.05, 0.1) is 17.6 Å². The van der Waals surface area contributed by atoms with Gasteiger partial charge in [0.1, 0.15) is 0 Å². The maximum absolute atomic E-state index is 12.7. The first-order valence-corrected chi connectivity index (χ1v) is 11.6. The van der Waals surface area contributed by atoms with Crippen molar-refractivity contribution in [3.8, 4) is 0 Å². The van der Waals surface area contributed by atoms with Gasteiger partial charge in [0.2, 0.25) is 10.0 Å². The lowest BCUT2D eigenvalue weighted by atomic mass is 10.1. The molecule has 0 amide bonds. The second-order valence-electron chi connectivity index (χ2n) is 6.41. The van der Waals surface area contributed by atoms with Crippen molar-refractivity contribution in [1.82, 2.24) is 4.72 Å². The van der Waals surface area contributed by atoms with Crippen LogP contribution < -0.4 is 4.72 Å². The zero-order valence-electron chi connectivity index (χ0n) is 15.8. The molecule has 0 spiro atoms.